The largest absolute Gasteiger partial charge is 0.478 e. The summed E-state index contributed by atoms with van der Waals surface area (Å²) in [5.41, 5.74) is 2.93. The molecule has 0 aliphatic rings. The van der Waals surface area contributed by atoms with Gasteiger partial charge in [0.25, 0.3) is 0 Å². The molecule has 0 saturated carbocycles. The molecule has 0 atom stereocenters. The van der Waals surface area contributed by atoms with E-state index in [4.69, 9.17) is 5.11 Å². The molecular formula is C15H11BrN2O2. The molecule has 100 valence electrons. The summed E-state index contributed by atoms with van der Waals surface area (Å²) in [5.74, 6) is -0.186. The third kappa shape index (κ3) is 2.10. The molecule has 0 aliphatic heterocycles. The first-order chi connectivity index (χ1) is 9.56. The molecule has 0 amide bonds. The highest BCUT2D eigenvalue weighted by Gasteiger charge is 2.12. The maximum atomic E-state index is 11.1. The monoisotopic (exact) mass is 330 g/mol. The van der Waals surface area contributed by atoms with Gasteiger partial charge in [0.15, 0.2) is 0 Å². The summed E-state index contributed by atoms with van der Waals surface area (Å²) in [4.78, 5) is 15.6. The van der Waals surface area contributed by atoms with Crippen molar-refractivity contribution >= 4 is 32.9 Å². The van der Waals surface area contributed by atoms with E-state index in [1.165, 1.54) is 0 Å². The van der Waals surface area contributed by atoms with Crippen LogP contribution in [0.2, 0.25) is 0 Å². The minimum Gasteiger partial charge on any atom is -0.478 e. The molecular weight excluding hydrogens is 320 g/mol. The molecule has 1 heterocycles. The minimum absolute atomic E-state index is 0.260. The fraction of sp³-hybridized carbons (Fsp3) is 0.0667. The van der Waals surface area contributed by atoms with Crippen LogP contribution in [0.1, 0.15) is 10.4 Å². The lowest BCUT2D eigenvalue weighted by atomic mass is 10.1. The number of halogens is 1. The quantitative estimate of drug-likeness (QED) is 0.779. The normalized spacial score (nSPS) is 10.9. The average molecular weight is 331 g/mol. The van der Waals surface area contributed by atoms with Crippen molar-refractivity contribution in [2.24, 2.45) is 7.05 Å². The van der Waals surface area contributed by atoms with Crippen molar-refractivity contribution < 1.29 is 9.90 Å². The van der Waals surface area contributed by atoms with Crippen LogP contribution in [0, 0.1) is 0 Å². The number of imidazole rings is 1. The van der Waals surface area contributed by atoms with Crippen LogP contribution >= 0.6 is 15.9 Å². The molecule has 3 rings (SSSR count). The maximum absolute atomic E-state index is 11.1. The summed E-state index contributed by atoms with van der Waals surface area (Å²) in [7, 11) is 1.92. The van der Waals surface area contributed by atoms with Gasteiger partial charge in [-0.25, -0.2) is 9.78 Å². The Morgan fingerprint density at radius 1 is 1.25 bits per heavy atom. The van der Waals surface area contributed by atoms with Crippen molar-refractivity contribution in [3.8, 4) is 11.4 Å². The summed E-state index contributed by atoms with van der Waals surface area (Å²) < 4.78 is 2.93. The number of aryl methyl sites for hydroxylation is 1. The molecule has 1 N–H and O–H groups in total. The second kappa shape index (κ2) is 4.76. The topological polar surface area (TPSA) is 55.1 Å². The molecule has 0 aliphatic carbocycles. The molecule has 5 heteroatoms. The highest BCUT2D eigenvalue weighted by Crippen LogP contribution is 2.26. The Morgan fingerprint density at radius 2 is 2.05 bits per heavy atom. The average Bonchev–Trinajstić information content (AvgIpc) is 2.75. The number of nitrogens with zero attached hydrogens (tertiary/aromatic N) is 2. The van der Waals surface area contributed by atoms with Crippen molar-refractivity contribution in [1.29, 1.82) is 0 Å². The van der Waals surface area contributed by atoms with E-state index in [0.717, 1.165) is 26.9 Å². The molecule has 1 aromatic heterocycles. The van der Waals surface area contributed by atoms with Crippen molar-refractivity contribution in [2.45, 2.75) is 0 Å². The number of aromatic nitrogens is 2. The van der Waals surface area contributed by atoms with E-state index in [-0.39, 0.29) is 5.56 Å². The SMILES string of the molecule is Cn1c(-c2cccc(C(=O)O)c2)nc2cc(Br)ccc21. The summed E-state index contributed by atoms with van der Waals surface area (Å²) in [6.07, 6.45) is 0. The zero-order valence-corrected chi connectivity index (χ0v) is 12.3. The second-order valence-electron chi connectivity index (χ2n) is 4.51. The Balaban J connectivity index is 2.21. The number of carboxylic acids is 1. The highest BCUT2D eigenvalue weighted by molar-refractivity contribution is 9.10. The van der Waals surface area contributed by atoms with Gasteiger partial charge >= 0.3 is 5.97 Å². The fourth-order valence-corrected chi connectivity index (χ4v) is 2.57. The molecule has 2 aromatic carbocycles. The number of carboxylic acid groups (broad SMARTS) is 1. The molecule has 0 spiro atoms. The van der Waals surface area contributed by atoms with Crippen molar-refractivity contribution in [2.75, 3.05) is 0 Å². The zero-order chi connectivity index (χ0) is 14.3. The van der Waals surface area contributed by atoms with Crippen LogP contribution in [0.25, 0.3) is 22.4 Å². The number of rotatable bonds is 2. The van der Waals surface area contributed by atoms with E-state index < -0.39 is 5.97 Å². The third-order valence-electron chi connectivity index (χ3n) is 3.21. The van der Waals surface area contributed by atoms with Crippen LogP contribution in [0.4, 0.5) is 0 Å². The number of benzene rings is 2. The lowest BCUT2D eigenvalue weighted by molar-refractivity contribution is 0.0697. The van der Waals surface area contributed by atoms with Crippen molar-refractivity contribution in [1.82, 2.24) is 9.55 Å². The van der Waals surface area contributed by atoms with E-state index in [9.17, 15) is 4.79 Å². The smallest absolute Gasteiger partial charge is 0.335 e. The van der Waals surface area contributed by atoms with Crippen LogP contribution in [-0.2, 0) is 7.05 Å². The van der Waals surface area contributed by atoms with Crippen LogP contribution in [0.15, 0.2) is 46.9 Å². The Labute approximate surface area is 123 Å². The first-order valence-corrected chi connectivity index (χ1v) is 6.81. The van der Waals surface area contributed by atoms with E-state index in [0.29, 0.717) is 0 Å². The van der Waals surface area contributed by atoms with Gasteiger partial charge in [0, 0.05) is 17.1 Å². The van der Waals surface area contributed by atoms with Gasteiger partial charge in [-0.15, -0.1) is 0 Å². The van der Waals surface area contributed by atoms with E-state index >= 15 is 0 Å². The Hall–Kier alpha value is -2.14. The van der Waals surface area contributed by atoms with E-state index in [1.54, 1.807) is 18.2 Å². The number of aromatic carboxylic acids is 1. The predicted molar refractivity (Wildman–Crippen MR) is 80.8 cm³/mol. The Bertz CT molecular complexity index is 824. The van der Waals surface area contributed by atoms with Gasteiger partial charge in [-0.05, 0) is 30.3 Å². The minimum atomic E-state index is -0.937. The molecule has 0 bridgehead atoms. The van der Waals surface area contributed by atoms with Crippen LogP contribution in [0.3, 0.4) is 0 Å². The molecule has 4 nitrogen and oxygen atoms in total. The van der Waals surface area contributed by atoms with E-state index in [1.807, 2.05) is 35.9 Å². The zero-order valence-electron chi connectivity index (χ0n) is 10.7. The Morgan fingerprint density at radius 3 is 2.80 bits per heavy atom. The standard InChI is InChI=1S/C15H11BrN2O2/c1-18-13-6-5-11(16)8-12(13)17-14(18)9-3-2-4-10(7-9)15(19)20/h2-8H,1H3,(H,19,20). The van der Waals surface area contributed by atoms with Gasteiger partial charge in [-0.1, -0.05) is 28.1 Å². The number of fused-ring (bicyclic) bond motifs is 1. The summed E-state index contributed by atoms with van der Waals surface area (Å²) in [6.45, 7) is 0. The summed E-state index contributed by atoms with van der Waals surface area (Å²) >= 11 is 3.43. The number of carbonyl (C=O) groups is 1. The molecule has 0 unspecified atom stereocenters. The molecule has 0 radical (unpaired) electrons. The summed E-state index contributed by atoms with van der Waals surface area (Å²) in [6, 6.07) is 12.7. The second-order valence-corrected chi connectivity index (χ2v) is 5.43. The lowest BCUT2D eigenvalue weighted by Gasteiger charge is -2.03. The Kier molecular flexibility index (Phi) is 3.06. The van der Waals surface area contributed by atoms with Gasteiger partial charge in [-0.2, -0.15) is 0 Å². The lowest BCUT2D eigenvalue weighted by Crippen LogP contribution is -1.98. The van der Waals surface area contributed by atoms with Crippen LogP contribution < -0.4 is 0 Å². The van der Waals surface area contributed by atoms with Crippen LogP contribution in [-0.4, -0.2) is 20.6 Å². The molecule has 0 saturated heterocycles. The molecule has 0 fully saturated rings. The highest BCUT2D eigenvalue weighted by atomic mass is 79.9. The van der Waals surface area contributed by atoms with Gasteiger partial charge in [0.1, 0.15) is 5.82 Å². The fourth-order valence-electron chi connectivity index (χ4n) is 2.22. The van der Waals surface area contributed by atoms with Gasteiger partial charge in [0.2, 0.25) is 0 Å². The van der Waals surface area contributed by atoms with Crippen LogP contribution in [0.5, 0.6) is 0 Å². The first kappa shape index (κ1) is 12.9. The van der Waals surface area contributed by atoms with Gasteiger partial charge in [-0.3, -0.25) is 0 Å². The summed E-state index contributed by atoms with van der Waals surface area (Å²) in [5, 5.41) is 9.07. The van der Waals surface area contributed by atoms with Crippen molar-refractivity contribution in [3.63, 3.8) is 0 Å². The van der Waals surface area contributed by atoms with Crippen molar-refractivity contribution in [3.05, 3.63) is 52.5 Å². The molecule has 3 aromatic rings. The first-order valence-electron chi connectivity index (χ1n) is 6.02. The third-order valence-corrected chi connectivity index (χ3v) is 3.70. The number of hydrogen-bond acceptors (Lipinski definition) is 2. The predicted octanol–water partition coefficient (Wildman–Crippen LogP) is 3.70. The van der Waals surface area contributed by atoms with Gasteiger partial charge in [0.05, 0.1) is 16.6 Å². The number of hydrogen-bond donors (Lipinski definition) is 1. The van der Waals surface area contributed by atoms with Gasteiger partial charge < -0.3 is 9.67 Å². The maximum Gasteiger partial charge on any atom is 0.335 e. The molecule has 20 heavy (non-hydrogen) atoms. The van der Waals surface area contributed by atoms with E-state index in [2.05, 4.69) is 20.9 Å².